The van der Waals surface area contributed by atoms with Crippen LogP contribution in [0.15, 0.2) is 42.5 Å². The van der Waals surface area contributed by atoms with Crippen LogP contribution in [0.25, 0.3) is 0 Å². The Morgan fingerprint density at radius 3 is 2.20 bits per heavy atom. The molecular formula is C17H22FNSi. The van der Waals surface area contributed by atoms with Gasteiger partial charge in [0, 0.05) is 12.2 Å². The van der Waals surface area contributed by atoms with Crippen molar-refractivity contribution in [3.05, 3.63) is 59.4 Å². The third-order valence-electron chi connectivity index (χ3n) is 3.49. The molecule has 0 aliphatic rings. The molecule has 0 spiro atoms. The minimum atomic E-state index is -1.23. The Bertz CT molecular complexity index is 585. The monoisotopic (exact) mass is 287 g/mol. The molecule has 0 aliphatic carbocycles. The van der Waals surface area contributed by atoms with Gasteiger partial charge in [-0.3, -0.25) is 0 Å². The molecule has 2 rings (SSSR count). The van der Waals surface area contributed by atoms with Crippen molar-refractivity contribution in [1.29, 1.82) is 0 Å². The van der Waals surface area contributed by atoms with Crippen LogP contribution in [0.1, 0.15) is 11.1 Å². The molecule has 1 nitrogen and oxygen atoms in total. The van der Waals surface area contributed by atoms with Gasteiger partial charge >= 0.3 is 0 Å². The standard InChI is InChI=1S/C17H22FNSi/c1-13-5-8-15(11-17(13)18)19-12-14-6-9-16(10-7-14)20(2,3)4/h5-11,19H,12H2,1-4H3. The molecule has 0 radical (unpaired) electrons. The quantitative estimate of drug-likeness (QED) is 0.827. The van der Waals surface area contributed by atoms with Gasteiger partial charge in [-0.15, -0.1) is 0 Å². The summed E-state index contributed by atoms with van der Waals surface area (Å²) in [4.78, 5) is 0. The fourth-order valence-corrected chi connectivity index (χ4v) is 3.20. The molecule has 2 aromatic carbocycles. The molecule has 0 saturated carbocycles. The van der Waals surface area contributed by atoms with Gasteiger partial charge in [0.05, 0.1) is 8.07 Å². The summed E-state index contributed by atoms with van der Waals surface area (Å²) < 4.78 is 13.5. The van der Waals surface area contributed by atoms with Crippen molar-refractivity contribution >= 4 is 18.9 Å². The van der Waals surface area contributed by atoms with Crippen LogP contribution in [-0.4, -0.2) is 8.07 Å². The lowest BCUT2D eigenvalue weighted by Crippen LogP contribution is -2.37. The van der Waals surface area contributed by atoms with Crippen molar-refractivity contribution in [2.24, 2.45) is 0 Å². The zero-order valence-corrected chi connectivity index (χ0v) is 13.6. The van der Waals surface area contributed by atoms with E-state index in [1.807, 2.05) is 6.07 Å². The van der Waals surface area contributed by atoms with Crippen LogP contribution in [0, 0.1) is 12.7 Å². The summed E-state index contributed by atoms with van der Waals surface area (Å²) >= 11 is 0. The fourth-order valence-electron chi connectivity index (χ4n) is 2.03. The van der Waals surface area contributed by atoms with E-state index in [-0.39, 0.29) is 5.82 Å². The Balaban J connectivity index is 2.02. The third-order valence-corrected chi connectivity index (χ3v) is 5.55. The lowest BCUT2D eigenvalue weighted by atomic mass is 10.2. The van der Waals surface area contributed by atoms with Gasteiger partial charge in [0.2, 0.25) is 0 Å². The Kier molecular flexibility index (Phi) is 4.28. The maximum Gasteiger partial charge on any atom is 0.128 e. The average molecular weight is 287 g/mol. The van der Waals surface area contributed by atoms with E-state index in [2.05, 4.69) is 49.2 Å². The van der Waals surface area contributed by atoms with Crippen molar-refractivity contribution in [3.8, 4) is 0 Å². The molecule has 2 aromatic rings. The van der Waals surface area contributed by atoms with E-state index in [1.165, 1.54) is 10.8 Å². The molecule has 0 fully saturated rings. The molecular weight excluding hydrogens is 265 g/mol. The summed E-state index contributed by atoms with van der Waals surface area (Å²) in [5.41, 5.74) is 2.71. The lowest BCUT2D eigenvalue weighted by molar-refractivity contribution is 0.619. The molecule has 0 unspecified atom stereocenters. The van der Waals surface area contributed by atoms with Crippen molar-refractivity contribution in [2.75, 3.05) is 5.32 Å². The molecule has 106 valence electrons. The largest absolute Gasteiger partial charge is 0.381 e. The molecule has 0 aromatic heterocycles. The number of aryl methyl sites for hydroxylation is 1. The Morgan fingerprint density at radius 2 is 1.65 bits per heavy atom. The number of nitrogens with one attached hydrogen (secondary N) is 1. The maximum absolute atomic E-state index is 13.5. The first-order valence-corrected chi connectivity index (χ1v) is 10.5. The molecule has 0 saturated heterocycles. The van der Waals surface area contributed by atoms with E-state index in [0.29, 0.717) is 12.1 Å². The van der Waals surface area contributed by atoms with Gasteiger partial charge in [-0.1, -0.05) is 55.2 Å². The minimum Gasteiger partial charge on any atom is -0.381 e. The van der Waals surface area contributed by atoms with Gasteiger partial charge in [-0.2, -0.15) is 0 Å². The number of halogens is 1. The topological polar surface area (TPSA) is 12.0 Å². The summed E-state index contributed by atoms with van der Waals surface area (Å²) in [6.45, 7) is 9.52. The van der Waals surface area contributed by atoms with Gasteiger partial charge in [0.1, 0.15) is 5.82 Å². The summed E-state index contributed by atoms with van der Waals surface area (Å²) in [5.74, 6) is -0.163. The first-order chi connectivity index (χ1) is 9.36. The molecule has 0 atom stereocenters. The van der Waals surface area contributed by atoms with E-state index in [0.717, 1.165) is 5.69 Å². The highest BCUT2D eigenvalue weighted by molar-refractivity contribution is 6.88. The van der Waals surface area contributed by atoms with E-state index in [1.54, 1.807) is 19.1 Å². The fraction of sp³-hybridized carbons (Fsp3) is 0.294. The van der Waals surface area contributed by atoms with E-state index in [9.17, 15) is 4.39 Å². The summed E-state index contributed by atoms with van der Waals surface area (Å²) in [5, 5.41) is 4.72. The number of benzene rings is 2. The Morgan fingerprint density at radius 1 is 1.00 bits per heavy atom. The summed E-state index contributed by atoms with van der Waals surface area (Å²) in [7, 11) is -1.23. The molecule has 3 heteroatoms. The van der Waals surface area contributed by atoms with Crippen LogP contribution in [0.3, 0.4) is 0 Å². The van der Waals surface area contributed by atoms with Crippen LogP contribution < -0.4 is 10.5 Å². The predicted molar refractivity (Wildman–Crippen MR) is 87.9 cm³/mol. The highest BCUT2D eigenvalue weighted by Gasteiger charge is 2.15. The molecule has 20 heavy (non-hydrogen) atoms. The van der Waals surface area contributed by atoms with Gasteiger partial charge in [0.25, 0.3) is 0 Å². The number of anilines is 1. The van der Waals surface area contributed by atoms with Crippen LogP contribution >= 0.6 is 0 Å². The summed E-state index contributed by atoms with van der Waals surface area (Å²) in [6.07, 6.45) is 0. The van der Waals surface area contributed by atoms with E-state index < -0.39 is 8.07 Å². The third kappa shape index (κ3) is 3.70. The van der Waals surface area contributed by atoms with Crippen LogP contribution in [0.5, 0.6) is 0 Å². The first kappa shape index (κ1) is 14.8. The van der Waals surface area contributed by atoms with Crippen molar-refractivity contribution in [1.82, 2.24) is 0 Å². The predicted octanol–water partition coefficient (Wildman–Crippen LogP) is 4.29. The normalized spacial score (nSPS) is 11.4. The van der Waals surface area contributed by atoms with Gasteiger partial charge in [-0.05, 0) is 30.2 Å². The van der Waals surface area contributed by atoms with Crippen LogP contribution in [0.4, 0.5) is 10.1 Å². The second-order valence-corrected chi connectivity index (χ2v) is 11.3. The molecule has 0 heterocycles. The zero-order chi connectivity index (χ0) is 14.8. The van der Waals surface area contributed by atoms with Gasteiger partial charge < -0.3 is 5.32 Å². The summed E-state index contributed by atoms with van der Waals surface area (Å²) in [6, 6.07) is 14.0. The second-order valence-electron chi connectivity index (χ2n) is 6.26. The van der Waals surface area contributed by atoms with Crippen LogP contribution in [-0.2, 0) is 6.54 Å². The average Bonchev–Trinajstić information content (AvgIpc) is 2.40. The minimum absolute atomic E-state index is 0.163. The number of rotatable bonds is 4. The molecule has 0 aliphatic heterocycles. The molecule has 1 N–H and O–H groups in total. The van der Waals surface area contributed by atoms with E-state index >= 15 is 0 Å². The SMILES string of the molecule is Cc1ccc(NCc2ccc([Si](C)(C)C)cc2)cc1F. The second kappa shape index (κ2) is 5.79. The molecule has 0 bridgehead atoms. The highest BCUT2D eigenvalue weighted by atomic mass is 28.3. The van der Waals surface area contributed by atoms with Crippen molar-refractivity contribution in [2.45, 2.75) is 33.1 Å². The Labute approximate surface area is 121 Å². The lowest BCUT2D eigenvalue weighted by Gasteiger charge is -2.17. The zero-order valence-electron chi connectivity index (χ0n) is 12.6. The van der Waals surface area contributed by atoms with Crippen molar-refractivity contribution in [3.63, 3.8) is 0 Å². The number of hydrogen-bond donors (Lipinski definition) is 1. The van der Waals surface area contributed by atoms with Crippen molar-refractivity contribution < 1.29 is 4.39 Å². The highest BCUT2D eigenvalue weighted by Crippen LogP contribution is 2.14. The van der Waals surface area contributed by atoms with Crippen LogP contribution in [0.2, 0.25) is 19.6 Å². The smallest absolute Gasteiger partial charge is 0.128 e. The maximum atomic E-state index is 13.5. The van der Waals surface area contributed by atoms with Gasteiger partial charge in [0.15, 0.2) is 0 Å². The van der Waals surface area contributed by atoms with E-state index in [4.69, 9.17) is 0 Å². The molecule has 0 amide bonds. The Hall–Kier alpha value is -1.61. The number of hydrogen-bond acceptors (Lipinski definition) is 1. The van der Waals surface area contributed by atoms with Gasteiger partial charge in [-0.25, -0.2) is 4.39 Å². The first-order valence-electron chi connectivity index (χ1n) is 6.96.